The average molecular weight is 194 g/mol. The van der Waals surface area contributed by atoms with Gasteiger partial charge in [0, 0.05) is 0 Å². The molecule has 0 amide bonds. The van der Waals surface area contributed by atoms with E-state index >= 15 is 0 Å². The number of quaternary nitrogens is 1. The van der Waals surface area contributed by atoms with Crippen LogP contribution in [-0.4, -0.2) is 24.8 Å². The molecule has 2 atom stereocenters. The second kappa shape index (κ2) is 4.45. The van der Waals surface area contributed by atoms with Gasteiger partial charge >= 0.3 is 0 Å². The van der Waals surface area contributed by atoms with Crippen molar-refractivity contribution in [3.63, 3.8) is 0 Å². The van der Waals surface area contributed by atoms with Crippen molar-refractivity contribution in [3.8, 4) is 0 Å². The van der Waals surface area contributed by atoms with Crippen LogP contribution in [-0.2, 0) is 4.74 Å². The Balaban J connectivity index is 0.00000121. The Morgan fingerprint density at radius 1 is 1.50 bits per heavy atom. The molecule has 1 heterocycles. The minimum Gasteiger partial charge on any atom is -1.00 e. The molecule has 0 aromatic carbocycles. The number of nitrogens with two attached hydrogens (primary N) is 1. The van der Waals surface area contributed by atoms with Crippen LogP contribution in [0.4, 0.5) is 0 Å². The molecule has 0 spiro atoms. The average Bonchev–Trinajstić information content (AvgIpc) is 1.86. The van der Waals surface area contributed by atoms with E-state index in [0.717, 1.165) is 13.1 Å². The Labute approximate surface area is 81.5 Å². The highest BCUT2D eigenvalue weighted by Crippen LogP contribution is 2.22. The first-order valence-corrected chi connectivity index (χ1v) is 4.54. The fourth-order valence-electron chi connectivity index (χ4n) is 1.53. The second-order valence-corrected chi connectivity index (χ2v) is 4.12. The second-order valence-electron chi connectivity index (χ2n) is 4.12. The fraction of sp³-hybridized carbons (Fsp3) is 1.00. The maximum absolute atomic E-state index is 5.90. The van der Waals surface area contributed by atoms with Crippen LogP contribution in [0.15, 0.2) is 0 Å². The van der Waals surface area contributed by atoms with Crippen LogP contribution in [0.3, 0.4) is 0 Å². The highest BCUT2D eigenvalue weighted by Gasteiger charge is 2.36. The van der Waals surface area contributed by atoms with E-state index in [-0.39, 0.29) is 18.0 Å². The number of hydrogen-bond acceptors (Lipinski definition) is 1. The number of ether oxygens (including phenoxy) is 1. The third-order valence-corrected chi connectivity index (χ3v) is 2.74. The van der Waals surface area contributed by atoms with Gasteiger partial charge in [-0.15, -0.1) is 0 Å². The number of morpholine rings is 1. The summed E-state index contributed by atoms with van der Waals surface area (Å²) in [6.07, 6.45) is 0.413. The molecule has 1 aliphatic heterocycles. The molecule has 0 aliphatic carbocycles. The summed E-state index contributed by atoms with van der Waals surface area (Å²) in [4.78, 5) is 0. The molecule has 1 saturated heterocycles. The van der Waals surface area contributed by atoms with Crippen molar-refractivity contribution in [1.29, 1.82) is 0 Å². The van der Waals surface area contributed by atoms with Gasteiger partial charge in [0.25, 0.3) is 0 Å². The first-order chi connectivity index (χ1) is 5.04. The smallest absolute Gasteiger partial charge is 0.117 e. The Morgan fingerprint density at radius 3 is 2.42 bits per heavy atom. The predicted molar refractivity (Wildman–Crippen MR) is 45.4 cm³/mol. The molecule has 0 aromatic rings. The Morgan fingerprint density at radius 2 is 2.08 bits per heavy atom. The van der Waals surface area contributed by atoms with Crippen molar-refractivity contribution in [2.45, 2.75) is 39.4 Å². The SMILES string of the molecule is CC(C)[C@@]1(C)C[NH2+]C[C@H](C)O1.[Cl-]. The minimum atomic E-state index is 0. The summed E-state index contributed by atoms with van der Waals surface area (Å²) in [6.45, 7) is 11.0. The van der Waals surface area contributed by atoms with Crippen LogP contribution in [0.5, 0.6) is 0 Å². The topological polar surface area (TPSA) is 25.8 Å². The van der Waals surface area contributed by atoms with E-state index in [9.17, 15) is 0 Å². The zero-order valence-corrected chi connectivity index (χ0v) is 9.19. The normalized spacial score (nSPS) is 36.2. The van der Waals surface area contributed by atoms with Gasteiger partial charge in [0.15, 0.2) is 0 Å². The molecule has 74 valence electrons. The molecular formula is C9H20ClNO. The molecular weight excluding hydrogens is 174 g/mol. The Bertz CT molecular complexity index is 140. The molecule has 1 fully saturated rings. The third-order valence-electron chi connectivity index (χ3n) is 2.74. The molecule has 1 aliphatic rings. The van der Waals surface area contributed by atoms with Crippen LogP contribution < -0.4 is 17.7 Å². The predicted octanol–water partition coefficient (Wildman–Crippen LogP) is -2.61. The van der Waals surface area contributed by atoms with Gasteiger partial charge in [-0.25, -0.2) is 0 Å². The molecule has 0 unspecified atom stereocenters. The molecule has 2 N–H and O–H groups in total. The Kier molecular flexibility index (Phi) is 4.53. The van der Waals surface area contributed by atoms with E-state index in [1.54, 1.807) is 0 Å². The molecule has 2 nitrogen and oxygen atoms in total. The lowest BCUT2D eigenvalue weighted by Gasteiger charge is -2.38. The minimum absolute atomic E-state index is 0. The zero-order valence-electron chi connectivity index (χ0n) is 8.43. The lowest BCUT2D eigenvalue weighted by molar-refractivity contribution is -0.693. The van der Waals surface area contributed by atoms with Crippen LogP contribution in [0.2, 0.25) is 0 Å². The van der Waals surface area contributed by atoms with Gasteiger partial charge in [0.1, 0.15) is 24.8 Å². The summed E-state index contributed by atoms with van der Waals surface area (Å²) in [6, 6.07) is 0. The summed E-state index contributed by atoms with van der Waals surface area (Å²) >= 11 is 0. The number of rotatable bonds is 1. The molecule has 12 heavy (non-hydrogen) atoms. The standard InChI is InChI=1S/C9H19NO.ClH/c1-7(2)9(4)6-10-5-8(3)11-9;/h7-8,10H,5-6H2,1-4H3;1H/t8-,9+;/m0./s1. The van der Waals surface area contributed by atoms with Crippen molar-refractivity contribution in [2.75, 3.05) is 13.1 Å². The van der Waals surface area contributed by atoms with Gasteiger partial charge in [0.2, 0.25) is 0 Å². The van der Waals surface area contributed by atoms with Crippen molar-refractivity contribution in [1.82, 2.24) is 0 Å². The fourth-order valence-corrected chi connectivity index (χ4v) is 1.53. The molecule has 0 radical (unpaired) electrons. The van der Waals surface area contributed by atoms with E-state index < -0.39 is 0 Å². The van der Waals surface area contributed by atoms with Crippen molar-refractivity contribution >= 4 is 0 Å². The molecule has 0 aromatic heterocycles. The van der Waals surface area contributed by atoms with Gasteiger partial charge in [-0.05, 0) is 19.8 Å². The summed E-state index contributed by atoms with van der Waals surface area (Å²) in [5, 5.41) is 2.36. The van der Waals surface area contributed by atoms with Gasteiger partial charge in [0.05, 0.1) is 0 Å². The summed E-state index contributed by atoms with van der Waals surface area (Å²) in [5.74, 6) is 0.612. The van der Waals surface area contributed by atoms with Gasteiger partial charge < -0.3 is 22.5 Å². The van der Waals surface area contributed by atoms with Crippen LogP contribution in [0, 0.1) is 5.92 Å². The number of hydrogen-bond donors (Lipinski definition) is 1. The molecule has 0 saturated carbocycles. The quantitative estimate of drug-likeness (QED) is 0.485. The molecule has 1 rings (SSSR count). The monoisotopic (exact) mass is 193 g/mol. The van der Waals surface area contributed by atoms with Crippen LogP contribution in [0.1, 0.15) is 27.7 Å². The first kappa shape index (κ1) is 12.2. The van der Waals surface area contributed by atoms with E-state index in [1.165, 1.54) is 0 Å². The highest BCUT2D eigenvalue weighted by atomic mass is 35.5. The highest BCUT2D eigenvalue weighted by molar-refractivity contribution is 4.80. The van der Waals surface area contributed by atoms with Crippen LogP contribution >= 0.6 is 0 Å². The Hall–Kier alpha value is 0.210. The lowest BCUT2D eigenvalue weighted by Crippen LogP contribution is -3.00. The largest absolute Gasteiger partial charge is 1.00 e. The van der Waals surface area contributed by atoms with Crippen LogP contribution in [0.25, 0.3) is 0 Å². The van der Waals surface area contributed by atoms with E-state index in [2.05, 4.69) is 33.0 Å². The first-order valence-electron chi connectivity index (χ1n) is 4.54. The van der Waals surface area contributed by atoms with Gasteiger partial charge in [-0.2, -0.15) is 0 Å². The van der Waals surface area contributed by atoms with Crippen molar-refractivity contribution in [2.24, 2.45) is 5.92 Å². The summed E-state index contributed by atoms with van der Waals surface area (Å²) in [7, 11) is 0. The van der Waals surface area contributed by atoms with Crippen molar-refractivity contribution < 1.29 is 22.5 Å². The number of halogens is 1. The maximum Gasteiger partial charge on any atom is 0.117 e. The van der Waals surface area contributed by atoms with E-state index in [1.807, 2.05) is 0 Å². The lowest BCUT2D eigenvalue weighted by atomic mass is 9.90. The summed E-state index contributed by atoms with van der Waals surface area (Å²) in [5.41, 5.74) is 0.0949. The molecule has 0 bridgehead atoms. The van der Waals surface area contributed by atoms with E-state index in [4.69, 9.17) is 4.74 Å². The summed E-state index contributed by atoms with van der Waals surface area (Å²) < 4.78 is 5.90. The van der Waals surface area contributed by atoms with Crippen molar-refractivity contribution in [3.05, 3.63) is 0 Å². The molecule has 3 heteroatoms. The van der Waals surface area contributed by atoms with Gasteiger partial charge in [-0.1, -0.05) is 13.8 Å². The third kappa shape index (κ3) is 2.61. The maximum atomic E-state index is 5.90. The van der Waals surface area contributed by atoms with Gasteiger partial charge in [-0.3, -0.25) is 0 Å². The van der Waals surface area contributed by atoms with E-state index in [0.29, 0.717) is 12.0 Å². The zero-order chi connectivity index (χ0) is 8.48.